The number of halogens is 2. The summed E-state index contributed by atoms with van der Waals surface area (Å²) in [7, 11) is 4.11. The minimum absolute atomic E-state index is 0. The number of nitrogens with zero attached hydrogens (tertiary/aromatic N) is 1. The van der Waals surface area contributed by atoms with E-state index in [1.165, 1.54) is 0 Å². The van der Waals surface area contributed by atoms with Gasteiger partial charge < -0.3 is 19.7 Å². The van der Waals surface area contributed by atoms with Crippen LogP contribution in [0.2, 0.25) is 0 Å². The van der Waals surface area contributed by atoms with Crippen molar-refractivity contribution in [2.45, 2.75) is 13.5 Å². The molecule has 1 aromatic carbocycles. The van der Waals surface area contributed by atoms with Crippen LogP contribution in [-0.4, -0.2) is 45.3 Å². The number of benzene rings is 1. The van der Waals surface area contributed by atoms with E-state index in [9.17, 15) is 0 Å². The van der Waals surface area contributed by atoms with Crippen LogP contribution in [0.1, 0.15) is 12.5 Å². The number of para-hydroxylation sites is 1. The molecule has 4 nitrogen and oxygen atoms in total. The van der Waals surface area contributed by atoms with Gasteiger partial charge in [0.2, 0.25) is 0 Å². The molecule has 0 aliphatic carbocycles. The molecule has 0 amide bonds. The lowest BCUT2D eigenvalue weighted by molar-refractivity contribution is 0.296. The lowest BCUT2D eigenvalue weighted by Gasteiger charge is -2.16. The van der Waals surface area contributed by atoms with E-state index < -0.39 is 0 Å². The van der Waals surface area contributed by atoms with E-state index >= 15 is 0 Å². The summed E-state index contributed by atoms with van der Waals surface area (Å²) in [5.74, 6) is 3.98. The molecule has 0 saturated carbocycles. The Balaban J connectivity index is 0. The third-order valence-electron chi connectivity index (χ3n) is 2.71. The summed E-state index contributed by atoms with van der Waals surface area (Å²) in [6, 6.07) is 5.90. The Morgan fingerprint density at radius 3 is 2.55 bits per heavy atom. The third kappa shape index (κ3) is 8.35. The fourth-order valence-electron chi connectivity index (χ4n) is 1.77. The van der Waals surface area contributed by atoms with Crippen LogP contribution in [0.25, 0.3) is 0 Å². The van der Waals surface area contributed by atoms with Crippen molar-refractivity contribution in [1.82, 2.24) is 10.2 Å². The summed E-state index contributed by atoms with van der Waals surface area (Å²) in [5.41, 5.74) is 1.06. The summed E-state index contributed by atoms with van der Waals surface area (Å²) < 4.78 is 11.2. The molecule has 22 heavy (non-hydrogen) atoms. The van der Waals surface area contributed by atoms with E-state index in [0.29, 0.717) is 6.61 Å². The molecule has 0 radical (unpaired) electrons. The normalized spacial score (nSPS) is 9.41. The number of rotatable bonds is 9. The van der Waals surface area contributed by atoms with Crippen molar-refractivity contribution in [3.8, 4) is 23.8 Å². The van der Waals surface area contributed by atoms with Crippen molar-refractivity contribution in [3.63, 3.8) is 0 Å². The summed E-state index contributed by atoms with van der Waals surface area (Å²) in [5, 5.41) is 3.39. The van der Waals surface area contributed by atoms with Crippen LogP contribution in [0, 0.1) is 12.3 Å². The maximum absolute atomic E-state index is 5.64. The van der Waals surface area contributed by atoms with Crippen molar-refractivity contribution in [1.29, 1.82) is 0 Å². The SMILES string of the molecule is C#CCOc1c(CNCCN(C)C)cccc1OCC.Cl.Cl. The molecule has 0 aliphatic heterocycles. The first-order valence-corrected chi connectivity index (χ1v) is 6.85. The minimum Gasteiger partial charge on any atom is -0.490 e. The van der Waals surface area contributed by atoms with Gasteiger partial charge in [-0.05, 0) is 27.1 Å². The second-order valence-electron chi connectivity index (χ2n) is 4.65. The lowest BCUT2D eigenvalue weighted by atomic mass is 10.2. The molecule has 1 aromatic rings. The Labute approximate surface area is 146 Å². The number of hydrogen-bond acceptors (Lipinski definition) is 4. The zero-order valence-electron chi connectivity index (χ0n) is 13.4. The average molecular weight is 349 g/mol. The molecular formula is C16H26Cl2N2O2. The van der Waals surface area contributed by atoms with Crippen LogP contribution >= 0.6 is 24.8 Å². The van der Waals surface area contributed by atoms with Gasteiger partial charge >= 0.3 is 0 Å². The van der Waals surface area contributed by atoms with Gasteiger partial charge in [0.25, 0.3) is 0 Å². The number of likely N-dealkylation sites (N-methyl/N-ethyl adjacent to an activating group) is 1. The highest BCUT2D eigenvalue weighted by atomic mass is 35.5. The molecule has 0 saturated heterocycles. The number of nitrogens with one attached hydrogen (secondary N) is 1. The van der Waals surface area contributed by atoms with Crippen LogP contribution < -0.4 is 14.8 Å². The highest BCUT2D eigenvalue weighted by molar-refractivity contribution is 5.85. The van der Waals surface area contributed by atoms with Crippen molar-refractivity contribution < 1.29 is 9.47 Å². The van der Waals surface area contributed by atoms with Crippen molar-refractivity contribution in [3.05, 3.63) is 23.8 Å². The first-order valence-electron chi connectivity index (χ1n) is 6.85. The van der Waals surface area contributed by atoms with Crippen LogP contribution in [0.3, 0.4) is 0 Å². The molecule has 1 N–H and O–H groups in total. The second-order valence-corrected chi connectivity index (χ2v) is 4.65. The predicted molar refractivity (Wildman–Crippen MR) is 96.7 cm³/mol. The maximum Gasteiger partial charge on any atom is 0.167 e. The van der Waals surface area contributed by atoms with Crippen molar-refractivity contribution in [2.75, 3.05) is 40.4 Å². The van der Waals surface area contributed by atoms with Gasteiger partial charge in [-0.15, -0.1) is 31.2 Å². The smallest absolute Gasteiger partial charge is 0.167 e. The average Bonchev–Trinajstić information content (AvgIpc) is 2.43. The Morgan fingerprint density at radius 2 is 1.95 bits per heavy atom. The fraction of sp³-hybridized carbons (Fsp3) is 0.500. The number of terminal acetylenes is 1. The van der Waals surface area contributed by atoms with Gasteiger partial charge in [0, 0.05) is 25.2 Å². The van der Waals surface area contributed by atoms with Gasteiger partial charge in [0.1, 0.15) is 6.61 Å². The van der Waals surface area contributed by atoms with Gasteiger partial charge in [-0.2, -0.15) is 0 Å². The van der Waals surface area contributed by atoms with Gasteiger partial charge in [-0.25, -0.2) is 0 Å². The van der Waals surface area contributed by atoms with Gasteiger partial charge in [-0.3, -0.25) is 0 Å². The third-order valence-corrected chi connectivity index (χ3v) is 2.71. The zero-order valence-corrected chi connectivity index (χ0v) is 15.1. The number of hydrogen-bond donors (Lipinski definition) is 1. The van der Waals surface area contributed by atoms with E-state index in [1.807, 2.05) is 25.1 Å². The Kier molecular flexibility index (Phi) is 14.2. The Bertz CT molecular complexity index is 448. The van der Waals surface area contributed by atoms with Crippen LogP contribution in [0.15, 0.2) is 18.2 Å². The first kappa shape index (κ1) is 23.2. The summed E-state index contributed by atoms with van der Waals surface area (Å²) >= 11 is 0. The molecule has 6 heteroatoms. The Hall–Kier alpha value is -1.12. The summed E-state index contributed by atoms with van der Waals surface area (Å²) in [6.07, 6.45) is 5.27. The molecule has 0 bridgehead atoms. The topological polar surface area (TPSA) is 33.7 Å². The lowest BCUT2D eigenvalue weighted by Crippen LogP contribution is -2.26. The molecule has 0 fully saturated rings. The monoisotopic (exact) mass is 348 g/mol. The molecule has 0 aromatic heterocycles. The minimum atomic E-state index is 0. The molecule has 0 atom stereocenters. The van der Waals surface area contributed by atoms with Crippen LogP contribution in [0.5, 0.6) is 11.5 Å². The van der Waals surface area contributed by atoms with Crippen molar-refractivity contribution >= 4 is 24.8 Å². The van der Waals surface area contributed by atoms with Gasteiger partial charge in [-0.1, -0.05) is 18.1 Å². The highest BCUT2D eigenvalue weighted by Crippen LogP contribution is 2.31. The van der Waals surface area contributed by atoms with Crippen LogP contribution in [0.4, 0.5) is 0 Å². The predicted octanol–water partition coefficient (Wildman–Crippen LogP) is 2.59. The quantitative estimate of drug-likeness (QED) is 0.549. The summed E-state index contributed by atoms with van der Waals surface area (Å²) in [6.45, 7) is 5.44. The zero-order chi connectivity index (χ0) is 14.8. The van der Waals surface area contributed by atoms with E-state index in [0.717, 1.165) is 36.7 Å². The second kappa shape index (κ2) is 13.5. The fourth-order valence-corrected chi connectivity index (χ4v) is 1.77. The number of ether oxygens (including phenoxy) is 2. The van der Waals surface area contributed by atoms with E-state index in [4.69, 9.17) is 15.9 Å². The molecule has 126 valence electrons. The van der Waals surface area contributed by atoms with Gasteiger partial charge in [0.05, 0.1) is 6.61 Å². The van der Waals surface area contributed by atoms with Crippen LogP contribution in [-0.2, 0) is 6.54 Å². The van der Waals surface area contributed by atoms with E-state index in [1.54, 1.807) is 0 Å². The van der Waals surface area contributed by atoms with E-state index in [2.05, 4.69) is 30.2 Å². The first-order chi connectivity index (χ1) is 9.69. The molecule has 0 heterocycles. The Morgan fingerprint density at radius 1 is 1.23 bits per heavy atom. The largest absolute Gasteiger partial charge is 0.490 e. The maximum atomic E-state index is 5.64. The summed E-state index contributed by atoms with van der Waals surface area (Å²) in [4.78, 5) is 2.14. The highest BCUT2D eigenvalue weighted by Gasteiger charge is 2.10. The molecule has 1 rings (SSSR count). The van der Waals surface area contributed by atoms with E-state index in [-0.39, 0.29) is 31.4 Å². The standard InChI is InChI=1S/C16H24N2O2.2ClH/c1-5-12-20-16-14(13-17-10-11-18(3)4)8-7-9-15(16)19-6-2;;/h1,7-9,17H,6,10-13H2,2-4H3;2*1H. The van der Waals surface area contributed by atoms with Crippen molar-refractivity contribution in [2.24, 2.45) is 0 Å². The molecule has 0 unspecified atom stereocenters. The molecular weight excluding hydrogens is 323 g/mol. The molecule has 0 spiro atoms. The molecule has 0 aliphatic rings. The van der Waals surface area contributed by atoms with Gasteiger partial charge in [0.15, 0.2) is 11.5 Å².